The number of nitrogens with zero attached hydrogens (tertiary/aromatic N) is 1. The van der Waals surface area contributed by atoms with Crippen LogP contribution in [0.25, 0.3) is 0 Å². The van der Waals surface area contributed by atoms with Crippen LogP contribution in [0.5, 0.6) is 0 Å². The zero-order valence-electron chi connectivity index (χ0n) is 11.2. The van der Waals surface area contributed by atoms with Gasteiger partial charge < -0.3 is 10.2 Å². The molecule has 0 bridgehead atoms. The highest BCUT2D eigenvalue weighted by Gasteiger charge is 2.10. The van der Waals surface area contributed by atoms with Crippen molar-refractivity contribution < 1.29 is 4.39 Å². The summed E-state index contributed by atoms with van der Waals surface area (Å²) in [6.45, 7) is 7.27. The van der Waals surface area contributed by atoms with E-state index in [9.17, 15) is 4.39 Å². The van der Waals surface area contributed by atoms with Crippen LogP contribution >= 0.6 is 0 Å². The fourth-order valence-electron chi connectivity index (χ4n) is 2.50. The van der Waals surface area contributed by atoms with Crippen molar-refractivity contribution in [2.75, 3.05) is 26.2 Å². The quantitative estimate of drug-likeness (QED) is 0.781. The highest BCUT2D eigenvalue weighted by Crippen LogP contribution is 2.10. The van der Waals surface area contributed by atoms with Gasteiger partial charge in [0.15, 0.2) is 0 Å². The Hall–Kier alpha value is -0.930. The maximum atomic E-state index is 13.5. The van der Waals surface area contributed by atoms with Gasteiger partial charge in [0.05, 0.1) is 0 Å². The molecule has 0 radical (unpaired) electrons. The second kappa shape index (κ2) is 6.86. The van der Waals surface area contributed by atoms with Gasteiger partial charge in [-0.3, -0.25) is 0 Å². The van der Waals surface area contributed by atoms with Crippen molar-refractivity contribution in [2.45, 2.75) is 32.7 Å². The normalized spacial score (nSPS) is 16.3. The minimum atomic E-state index is -0.104. The molecule has 1 fully saturated rings. The molecular weight excluding hydrogens is 227 g/mol. The summed E-state index contributed by atoms with van der Waals surface area (Å²) in [6.07, 6.45) is 3.84. The number of rotatable bonds is 6. The Bertz CT molecular complexity index is 373. The predicted molar refractivity (Wildman–Crippen MR) is 73.1 cm³/mol. The minimum Gasteiger partial charge on any atom is -0.313 e. The van der Waals surface area contributed by atoms with E-state index in [0.29, 0.717) is 6.54 Å². The molecule has 1 aromatic carbocycles. The lowest BCUT2D eigenvalue weighted by Gasteiger charge is -2.14. The van der Waals surface area contributed by atoms with Crippen LogP contribution in [0.15, 0.2) is 18.2 Å². The SMILES string of the molecule is Cc1ccc(F)c(CNCCCN2CCCC2)c1. The standard InChI is InChI=1S/C15H23FN2/c1-13-5-6-15(16)14(11-13)12-17-7-4-10-18-8-2-3-9-18/h5-6,11,17H,2-4,7-10,12H2,1H3. The van der Waals surface area contributed by atoms with Gasteiger partial charge in [0, 0.05) is 12.1 Å². The first kappa shape index (κ1) is 13.5. The molecule has 0 saturated carbocycles. The summed E-state index contributed by atoms with van der Waals surface area (Å²) in [5.41, 5.74) is 1.89. The van der Waals surface area contributed by atoms with E-state index in [2.05, 4.69) is 10.2 Å². The van der Waals surface area contributed by atoms with Gasteiger partial charge in [-0.2, -0.15) is 0 Å². The smallest absolute Gasteiger partial charge is 0.127 e. The van der Waals surface area contributed by atoms with Crippen LogP contribution in [0.4, 0.5) is 4.39 Å². The Labute approximate surface area is 109 Å². The number of nitrogens with one attached hydrogen (secondary N) is 1. The van der Waals surface area contributed by atoms with Crippen LogP contribution in [0.2, 0.25) is 0 Å². The molecule has 0 spiro atoms. The molecule has 1 saturated heterocycles. The van der Waals surface area contributed by atoms with Crippen LogP contribution < -0.4 is 5.32 Å². The molecule has 1 heterocycles. The average molecular weight is 250 g/mol. The van der Waals surface area contributed by atoms with Crippen LogP contribution in [0.1, 0.15) is 30.4 Å². The van der Waals surface area contributed by atoms with Crippen LogP contribution in [0.3, 0.4) is 0 Å². The van der Waals surface area contributed by atoms with Gasteiger partial charge in [-0.1, -0.05) is 17.7 Å². The number of likely N-dealkylation sites (tertiary alicyclic amines) is 1. The van der Waals surface area contributed by atoms with E-state index >= 15 is 0 Å². The van der Waals surface area contributed by atoms with Gasteiger partial charge in [-0.15, -0.1) is 0 Å². The maximum absolute atomic E-state index is 13.5. The van der Waals surface area contributed by atoms with Crippen molar-refractivity contribution in [3.8, 4) is 0 Å². The zero-order chi connectivity index (χ0) is 12.8. The highest BCUT2D eigenvalue weighted by atomic mass is 19.1. The first-order chi connectivity index (χ1) is 8.75. The minimum absolute atomic E-state index is 0.104. The van der Waals surface area contributed by atoms with E-state index in [-0.39, 0.29) is 5.82 Å². The van der Waals surface area contributed by atoms with Crippen molar-refractivity contribution in [1.29, 1.82) is 0 Å². The third kappa shape index (κ3) is 4.07. The average Bonchev–Trinajstić information content (AvgIpc) is 2.86. The molecule has 1 aromatic rings. The van der Waals surface area contributed by atoms with Crippen molar-refractivity contribution in [3.05, 3.63) is 35.1 Å². The summed E-state index contributed by atoms with van der Waals surface area (Å²) in [7, 11) is 0. The molecule has 1 aliphatic rings. The van der Waals surface area contributed by atoms with Gasteiger partial charge in [-0.25, -0.2) is 4.39 Å². The molecule has 0 aromatic heterocycles. The summed E-state index contributed by atoms with van der Waals surface area (Å²) >= 11 is 0. The lowest BCUT2D eigenvalue weighted by molar-refractivity contribution is 0.331. The molecule has 100 valence electrons. The lowest BCUT2D eigenvalue weighted by Crippen LogP contribution is -2.24. The first-order valence-corrected chi connectivity index (χ1v) is 6.94. The Kier molecular flexibility index (Phi) is 5.14. The zero-order valence-corrected chi connectivity index (χ0v) is 11.2. The monoisotopic (exact) mass is 250 g/mol. The molecule has 1 aliphatic heterocycles. The third-order valence-corrected chi connectivity index (χ3v) is 3.54. The number of hydrogen-bond donors (Lipinski definition) is 1. The van der Waals surface area contributed by atoms with Crippen molar-refractivity contribution in [1.82, 2.24) is 10.2 Å². The fraction of sp³-hybridized carbons (Fsp3) is 0.600. The van der Waals surface area contributed by atoms with Crippen molar-refractivity contribution >= 4 is 0 Å². The number of benzene rings is 1. The van der Waals surface area contributed by atoms with Gasteiger partial charge in [-0.05, 0) is 58.4 Å². The van der Waals surface area contributed by atoms with Crippen LogP contribution in [0, 0.1) is 12.7 Å². The highest BCUT2D eigenvalue weighted by molar-refractivity contribution is 5.23. The fourth-order valence-corrected chi connectivity index (χ4v) is 2.50. The van der Waals surface area contributed by atoms with E-state index < -0.39 is 0 Å². The molecule has 2 rings (SSSR count). The molecule has 2 nitrogen and oxygen atoms in total. The molecule has 0 atom stereocenters. The number of hydrogen-bond acceptors (Lipinski definition) is 2. The van der Waals surface area contributed by atoms with Crippen molar-refractivity contribution in [2.24, 2.45) is 0 Å². The van der Waals surface area contributed by atoms with Crippen molar-refractivity contribution in [3.63, 3.8) is 0 Å². The van der Waals surface area contributed by atoms with Gasteiger partial charge >= 0.3 is 0 Å². The Morgan fingerprint density at radius 1 is 1.28 bits per heavy atom. The summed E-state index contributed by atoms with van der Waals surface area (Å²) in [5.74, 6) is -0.104. The summed E-state index contributed by atoms with van der Waals surface area (Å²) in [6, 6.07) is 5.28. The Morgan fingerprint density at radius 2 is 2.06 bits per heavy atom. The lowest BCUT2D eigenvalue weighted by atomic mass is 10.1. The van der Waals surface area contributed by atoms with Crippen LogP contribution in [-0.2, 0) is 6.54 Å². The predicted octanol–water partition coefficient (Wildman–Crippen LogP) is 2.71. The van der Waals surface area contributed by atoms with Gasteiger partial charge in [0.1, 0.15) is 5.82 Å². The second-order valence-electron chi connectivity index (χ2n) is 5.17. The van der Waals surface area contributed by atoms with Crippen LogP contribution in [-0.4, -0.2) is 31.1 Å². The van der Waals surface area contributed by atoms with E-state index in [1.54, 1.807) is 6.07 Å². The topological polar surface area (TPSA) is 15.3 Å². The molecule has 0 unspecified atom stereocenters. The largest absolute Gasteiger partial charge is 0.313 e. The first-order valence-electron chi connectivity index (χ1n) is 6.94. The molecule has 0 amide bonds. The van der Waals surface area contributed by atoms with Gasteiger partial charge in [0.2, 0.25) is 0 Å². The van der Waals surface area contributed by atoms with Gasteiger partial charge in [0.25, 0.3) is 0 Å². The Balaban J connectivity index is 1.64. The summed E-state index contributed by atoms with van der Waals surface area (Å²) < 4.78 is 13.5. The summed E-state index contributed by atoms with van der Waals surface area (Å²) in [5, 5.41) is 3.33. The summed E-state index contributed by atoms with van der Waals surface area (Å²) in [4.78, 5) is 2.51. The Morgan fingerprint density at radius 3 is 2.83 bits per heavy atom. The van der Waals surface area contributed by atoms with E-state index in [0.717, 1.165) is 24.1 Å². The van der Waals surface area contributed by atoms with E-state index in [4.69, 9.17) is 0 Å². The number of halogens is 1. The maximum Gasteiger partial charge on any atom is 0.127 e. The molecular formula is C15H23FN2. The molecule has 18 heavy (non-hydrogen) atoms. The number of aryl methyl sites for hydroxylation is 1. The molecule has 3 heteroatoms. The molecule has 0 aliphatic carbocycles. The van der Waals surface area contributed by atoms with E-state index in [1.807, 2.05) is 19.1 Å². The molecule has 1 N–H and O–H groups in total. The van der Waals surface area contributed by atoms with E-state index in [1.165, 1.54) is 32.5 Å². The third-order valence-electron chi connectivity index (χ3n) is 3.54. The second-order valence-corrected chi connectivity index (χ2v) is 5.17.